The molecule has 0 amide bonds. The molecule has 0 bridgehead atoms. The van der Waals surface area contributed by atoms with Gasteiger partial charge in [-0.3, -0.25) is 4.99 Å². The lowest BCUT2D eigenvalue weighted by Crippen LogP contribution is -2.42. The van der Waals surface area contributed by atoms with Crippen LogP contribution in [-0.4, -0.2) is 50.3 Å². The number of nitrogens with zero attached hydrogens (tertiary/aromatic N) is 2. The average molecular weight is 523 g/mol. The van der Waals surface area contributed by atoms with Crippen molar-refractivity contribution in [1.82, 2.24) is 10.2 Å². The smallest absolute Gasteiger partial charge is 0.381 e. The Morgan fingerprint density at radius 2 is 2.03 bits per heavy atom. The van der Waals surface area contributed by atoms with Gasteiger partial charge in [-0.2, -0.15) is 13.2 Å². The van der Waals surface area contributed by atoms with E-state index in [2.05, 4.69) is 10.2 Å². The van der Waals surface area contributed by atoms with Crippen molar-refractivity contribution >= 4 is 29.9 Å². The van der Waals surface area contributed by atoms with Gasteiger partial charge < -0.3 is 15.0 Å². The fraction of sp³-hybridized carbons (Fsp3) is 0.667. The van der Waals surface area contributed by atoms with E-state index in [4.69, 9.17) is 9.73 Å². The minimum atomic E-state index is -4.31. The third-order valence-electron chi connectivity index (χ3n) is 6.45. The molecular formula is C21H29F3IN3O. The summed E-state index contributed by atoms with van der Waals surface area (Å²) in [5.74, 6) is 0.879. The van der Waals surface area contributed by atoms with Gasteiger partial charge in [-0.1, -0.05) is 18.2 Å². The molecule has 162 valence electrons. The topological polar surface area (TPSA) is 36.9 Å². The second-order valence-corrected chi connectivity index (χ2v) is 8.50. The Morgan fingerprint density at radius 3 is 2.66 bits per heavy atom. The lowest BCUT2D eigenvalue weighted by molar-refractivity contribution is -0.137. The van der Waals surface area contributed by atoms with E-state index in [-0.39, 0.29) is 34.8 Å². The molecule has 1 aliphatic carbocycles. The molecule has 3 aliphatic rings. The number of ether oxygens (including phenoxy) is 1. The Kier molecular flexibility index (Phi) is 6.72. The first-order valence-electron chi connectivity index (χ1n) is 10.1. The molecule has 1 saturated carbocycles. The number of alkyl halides is 3. The number of hydrogen-bond acceptors (Lipinski definition) is 2. The van der Waals surface area contributed by atoms with Crippen molar-refractivity contribution in [3.63, 3.8) is 0 Å². The van der Waals surface area contributed by atoms with Gasteiger partial charge >= 0.3 is 6.18 Å². The Labute approximate surface area is 187 Å². The molecule has 1 N–H and O–H groups in total. The van der Waals surface area contributed by atoms with E-state index >= 15 is 0 Å². The molecule has 2 aliphatic heterocycles. The number of halogens is 4. The molecule has 4 rings (SSSR count). The van der Waals surface area contributed by atoms with Crippen molar-refractivity contribution in [2.24, 2.45) is 10.4 Å². The Morgan fingerprint density at radius 1 is 1.24 bits per heavy atom. The molecule has 1 spiro atoms. The van der Waals surface area contributed by atoms with Gasteiger partial charge in [0.15, 0.2) is 5.96 Å². The largest absolute Gasteiger partial charge is 0.416 e. The predicted octanol–water partition coefficient (Wildman–Crippen LogP) is 4.43. The highest BCUT2D eigenvalue weighted by Crippen LogP contribution is 2.49. The zero-order chi connectivity index (χ0) is 19.8. The number of guanidine groups is 1. The lowest BCUT2D eigenvalue weighted by atomic mass is 9.87. The Hall–Kier alpha value is -1.03. The van der Waals surface area contributed by atoms with E-state index in [1.54, 1.807) is 0 Å². The van der Waals surface area contributed by atoms with Gasteiger partial charge in [0.25, 0.3) is 0 Å². The summed E-state index contributed by atoms with van der Waals surface area (Å²) in [5.41, 5.74) is 0.170. The van der Waals surface area contributed by atoms with Crippen LogP contribution in [0.1, 0.15) is 43.7 Å². The van der Waals surface area contributed by atoms with Crippen molar-refractivity contribution in [1.29, 1.82) is 0 Å². The van der Waals surface area contributed by atoms with Crippen LogP contribution in [-0.2, 0) is 16.3 Å². The lowest BCUT2D eigenvalue weighted by Gasteiger charge is -2.25. The predicted molar refractivity (Wildman–Crippen MR) is 118 cm³/mol. The zero-order valence-corrected chi connectivity index (χ0v) is 19.1. The summed E-state index contributed by atoms with van der Waals surface area (Å²) in [6.07, 6.45) is -0.339. The molecular weight excluding hydrogens is 494 g/mol. The average Bonchev–Trinajstić information content (AvgIpc) is 3.14. The molecule has 4 nitrogen and oxygen atoms in total. The summed E-state index contributed by atoms with van der Waals surface area (Å²) in [7, 11) is 0. The van der Waals surface area contributed by atoms with Crippen molar-refractivity contribution in [3.05, 3.63) is 35.4 Å². The Balaban J connectivity index is 0.00000240. The molecule has 1 atom stereocenters. The summed E-state index contributed by atoms with van der Waals surface area (Å²) in [6, 6.07) is 5.76. The molecule has 1 unspecified atom stereocenters. The van der Waals surface area contributed by atoms with Gasteiger partial charge in [0, 0.05) is 37.1 Å². The molecule has 1 aromatic carbocycles. The maximum atomic E-state index is 13.1. The van der Waals surface area contributed by atoms with Gasteiger partial charge in [-0.25, -0.2) is 0 Å². The van der Waals surface area contributed by atoms with Crippen LogP contribution in [0.4, 0.5) is 13.2 Å². The number of likely N-dealkylation sites (tertiary alicyclic amines) is 1. The Bertz CT molecular complexity index is 743. The van der Waals surface area contributed by atoms with E-state index < -0.39 is 11.7 Å². The number of nitrogens with one attached hydrogen (secondary N) is 1. The van der Waals surface area contributed by atoms with Crippen molar-refractivity contribution in [3.8, 4) is 0 Å². The van der Waals surface area contributed by atoms with E-state index in [1.165, 1.54) is 12.1 Å². The second kappa shape index (κ2) is 8.61. The minimum Gasteiger partial charge on any atom is -0.381 e. The van der Waals surface area contributed by atoms with Crippen LogP contribution in [0.5, 0.6) is 0 Å². The summed E-state index contributed by atoms with van der Waals surface area (Å²) >= 11 is 0. The monoisotopic (exact) mass is 523 g/mol. The first-order chi connectivity index (χ1) is 13.4. The van der Waals surface area contributed by atoms with Gasteiger partial charge in [-0.05, 0) is 44.2 Å². The first-order valence-corrected chi connectivity index (χ1v) is 10.1. The van der Waals surface area contributed by atoms with Gasteiger partial charge in [0.2, 0.25) is 0 Å². The molecule has 8 heteroatoms. The van der Waals surface area contributed by atoms with Crippen molar-refractivity contribution in [2.45, 2.75) is 44.2 Å². The highest BCUT2D eigenvalue weighted by molar-refractivity contribution is 14.0. The van der Waals surface area contributed by atoms with Crippen LogP contribution < -0.4 is 5.32 Å². The van der Waals surface area contributed by atoms with Crippen LogP contribution in [0.3, 0.4) is 0 Å². The fourth-order valence-corrected chi connectivity index (χ4v) is 4.45. The number of rotatable bonds is 4. The summed E-state index contributed by atoms with van der Waals surface area (Å²) in [5, 5.41) is 3.37. The SMILES string of the molecule is CCNC(=NCC1(c2cccc(C(F)(F)F)c2)CC1)N1CCC2(CCOC2)C1.I. The number of aliphatic imine (C=N–C) groups is 1. The molecule has 2 heterocycles. The molecule has 29 heavy (non-hydrogen) atoms. The van der Waals surface area contributed by atoms with E-state index in [1.807, 2.05) is 13.0 Å². The molecule has 0 radical (unpaired) electrons. The van der Waals surface area contributed by atoms with E-state index in [9.17, 15) is 13.2 Å². The van der Waals surface area contributed by atoms with Gasteiger partial charge in [-0.15, -0.1) is 24.0 Å². The highest BCUT2D eigenvalue weighted by Gasteiger charge is 2.46. The van der Waals surface area contributed by atoms with Crippen LogP contribution in [0.25, 0.3) is 0 Å². The minimum absolute atomic E-state index is 0. The fourth-order valence-electron chi connectivity index (χ4n) is 4.45. The highest BCUT2D eigenvalue weighted by atomic mass is 127. The molecule has 0 aromatic heterocycles. The molecule has 3 fully saturated rings. The van der Waals surface area contributed by atoms with Crippen molar-refractivity contribution < 1.29 is 17.9 Å². The third kappa shape index (κ3) is 4.84. The maximum absolute atomic E-state index is 13.1. The normalized spacial score (nSPS) is 25.9. The van der Waals surface area contributed by atoms with Crippen LogP contribution in [0, 0.1) is 5.41 Å². The van der Waals surface area contributed by atoms with Gasteiger partial charge in [0.1, 0.15) is 0 Å². The number of hydrogen-bond donors (Lipinski definition) is 1. The summed E-state index contributed by atoms with van der Waals surface area (Å²) < 4.78 is 44.9. The van der Waals surface area contributed by atoms with Gasteiger partial charge in [0.05, 0.1) is 18.7 Å². The summed E-state index contributed by atoms with van der Waals surface area (Å²) in [6.45, 7) is 6.88. The maximum Gasteiger partial charge on any atom is 0.416 e. The first kappa shape index (κ1) is 22.7. The van der Waals surface area contributed by atoms with E-state index in [0.29, 0.717) is 6.54 Å². The number of benzene rings is 1. The molecule has 2 saturated heterocycles. The van der Waals surface area contributed by atoms with Crippen LogP contribution in [0.15, 0.2) is 29.3 Å². The van der Waals surface area contributed by atoms with Crippen molar-refractivity contribution in [2.75, 3.05) is 39.4 Å². The quantitative estimate of drug-likeness (QED) is 0.361. The third-order valence-corrected chi connectivity index (χ3v) is 6.45. The zero-order valence-electron chi connectivity index (χ0n) is 16.7. The van der Waals surface area contributed by atoms with Crippen LogP contribution >= 0.6 is 24.0 Å². The molecule has 1 aromatic rings. The summed E-state index contributed by atoms with van der Waals surface area (Å²) in [4.78, 5) is 7.15. The van der Waals surface area contributed by atoms with E-state index in [0.717, 1.165) is 76.1 Å². The van der Waals surface area contributed by atoms with Crippen LogP contribution in [0.2, 0.25) is 0 Å². The second-order valence-electron chi connectivity index (χ2n) is 8.50. The standard InChI is InChI=1S/C21H28F3N3O.HI/c1-2-25-18(27-10-8-19(14-27)9-11-28-15-19)26-13-20(6-7-20)16-4-3-5-17(12-16)21(22,23)24;/h3-5,12H,2,6-11,13-15H2,1H3,(H,25,26);1H.